The van der Waals surface area contributed by atoms with Crippen LogP contribution in [0.15, 0.2) is 18.2 Å². The van der Waals surface area contributed by atoms with E-state index in [9.17, 15) is 4.79 Å². The van der Waals surface area contributed by atoms with Crippen LogP contribution < -0.4 is 15.2 Å². The molecule has 0 aromatic heterocycles. The Morgan fingerprint density at radius 3 is 2.44 bits per heavy atom. The van der Waals surface area contributed by atoms with Crippen molar-refractivity contribution < 1.29 is 14.3 Å². The fraction of sp³-hybridized carbons (Fsp3) is 0.417. The van der Waals surface area contributed by atoms with Gasteiger partial charge in [0.1, 0.15) is 23.7 Å². The highest BCUT2D eigenvalue weighted by molar-refractivity contribution is 5.99. The Bertz CT molecular complexity index is 363. The molecule has 0 bridgehead atoms. The van der Waals surface area contributed by atoms with Crippen LogP contribution in [0.5, 0.6) is 11.5 Å². The Morgan fingerprint density at radius 1 is 1.31 bits per heavy atom. The van der Waals surface area contributed by atoms with Crippen LogP contribution in [-0.4, -0.2) is 25.5 Å². The maximum atomic E-state index is 11.5. The van der Waals surface area contributed by atoms with Crippen LogP contribution in [0.2, 0.25) is 0 Å². The van der Waals surface area contributed by atoms with E-state index in [-0.39, 0.29) is 5.78 Å². The minimum absolute atomic E-state index is 0.0731. The van der Waals surface area contributed by atoms with E-state index >= 15 is 0 Å². The van der Waals surface area contributed by atoms with E-state index in [0.29, 0.717) is 36.8 Å². The molecule has 0 saturated carbocycles. The molecule has 4 heteroatoms. The summed E-state index contributed by atoms with van der Waals surface area (Å²) >= 11 is 0. The topological polar surface area (TPSA) is 61.6 Å². The summed E-state index contributed by atoms with van der Waals surface area (Å²) in [6.45, 7) is 4.68. The molecule has 0 fully saturated rings. The summed E-state index contributed by atoms with van der Waals surface area (Å²) < 4.78 is 10.8. The maximum absolute atomic E-state index is 11.5. The van der Waals surface area contributed by atoms with Crippen molar-refractivity contribution in [2.75, 3.05) is 19.8 Å². The summed E-state index contributed by atoms with van der Waals surface area (Å²) in [6.07, 6.45) is 0. The lowest BCUT2D eigenvalue weighted by atomic mass is 10.1. The second-order valence-corrected chi connectivity index (χ2v) is 3.26. The molecule has 88 valence electrons. The summed E-state index contributed by atoms with van der Waals surface area (Å²) in [7, 11) is 0. The molecule has 0 spiro atoms. The molecule has 1 aromatic carbocycles. The van der Waals surface area contributed by atoms with Gasteiger partial charge in [-0.25, -0.2) is 0 Å². The average molecular weight is 223 g/mol. The molecule has 0 radical (unpaired) electrons. The first kappa shape index (κ1) is 12.5. The largest absolute Gasteiger partial charge is 0.493 e. The third-order valence-electron chi connectivity index (χ3n) is 2.02. The smallest absolute Gasteiger partial charge is 0.167 e. The van der Waals surface area contributed by atoms with E-state index in [1.54, 1.807) is 18.2 Å². The molecule has 1 rings (SSSR count). The predicted octanol–water partition coefficient (Wildman–Crippen LogP) is 1.63. The van der Waals surface area contributed by atoms with Crippen LogP contribution in [0.4, 0.5) is 0 Å². The highest BCUT2D eigenvalue weighted by Gasteiger charge is 2.14. The second-order valence-electron chi connectivity index (χ2n) is 3.26. The Hall–Kier alpha value is -1.55. The van der Waals surface area contributed by atoms with E-state index in [4.69, 9.17) is 15.2 Å². The fourth-order valence-electron chi connectivity index (χ4n) is 1.42. The van der Waals surface area contributed by atoms with Gasteiger partial charge in [-0.2, -0.15) is 0 Å². The monoisotopic (exact) mass is 223 g/mol. The van der Waals surface area contributed by atoms with Gasteiger partial charge in [-0.15, -0.1) is 0 Å². The Kier molecular flexibility index (Phi) is 4.79. The van der Waals surface area contributed by atoms with Crippen molar-refractivity contribution in [3.8, 4) is 11.5 Å². The number of carbonyl (C=O) groups excluding carboxylic acids is 1. The van der Waals surface area contributed by atoms with Gasteiger partial charge in [-0.3, -0.25) is 4.79 Å². The van der Waals surface area contributed by atoms with Crippen LogP contribution in [0.25, 0.3) is 0 Å². The SMILES string of the molecule is CCOc1cccc(OCCN)c1C(C)=O. The van der Waals surface area contributed by atoms with Gasteiger partial charge in [-0.05, 0) is 26.0 Å². The van der Waals surface area contributed by atoms with Crippen LogP contribution in [0.1, 0.15) is 24.2 Å². The van der Waals surface area contributed by atoms with Gasteiger partial charge in [0.25, 0.3) is 0 Å². The highest BCUT2D eigenvalue weighted by Crippen LogP contribution is 2.28. The molecule has 16 heavy (non-hydrogen) atoms. The number of benzene rings is 1. The summed E-state index contributed by atoms with van der Waals surface area (Å²) in [5, 5.41) is 0. The van der Waals surface area contributed by atoms with E-state index in [0.717, 1.165) is 0 Å². The van der Waals surface area contributed by atoms with Crippen LogP contribution in [0.3, 0.4) is 0 Å². The third-order valence-corrected chi connectivity index (χ3v) is 2.02. The lowest BCUT2D eigenvalue weighted by Crippen LogP contribution is -2.13. The first-order valence-corrected chi connectivity index (χ1v) is 5.30. The molecule has 0 aliphatic carbocycles. The molecule has 4 nitrogen and oxygen atoms in total. The van der Waals surface area contributed by atoms with Crippen molar-refractivity contribution in [3.05, 3.63) is 23.8 Å². The van der Waals surface area contributed by atoms with Crippen LogP contribution >= 0.6 is 0 Å². The molecule has 0 amide bonds. The van der Waals surface area contributed by atoms with Crippen molar-refractivity contribution in [2.24, 2.45) is 5.73 Å². The number of hydrogen-bond donors (Lipinski definition) is 1. The molecule has 2 N–H and O–H groups in total. The first-order valence-electron chi connectivity index (χ1n) is 5.30. The zero-order chi connectivity index (χ0) is 12.0. The van der Waals surface area contributed by atoms with Crippen molar-refractivity contribution >= 4 is 5.78 Å². The van der Waals surface area contributed by atoms with Gasteiger partial charge >= 0.3 is 0 Å². The maximum Gasteiger partial charge on any atom is 0.167 e. The molecule has 0 heterocycles. The molecule has 1 aromatic rings. The lowest BCUT2D eigenvalue weighted by Gasteiger charge is -2.13. The zero-order valence-electron chi connectivity index (χ0n) is 9.66. The summed E-state index contributed by atoms with van der Waals surface area (Å²) in [5.74, 6) is 1.02. The lowest BCUT2D eigenvalue weighted by molar-refractivity contribution is 0.101. The zero-order valence-corrected chi connectivity index (χ0v) is 9.66. The molecule has 0 saturated heterocycles. The minimum Gasteiger partial charge on any atom is -0.493 e. The Morgan fingerprint density at radius 2 is 1.94 bits per heavy atom. The van der Waals surface area contributed by atoms with Crippen LogP contribution in [0, 0.1) is 0 Å². The molecule has 0 atom stereocenters. The van der Waals surface area contributed by atoms with Crippen molar-refractivity contribution in [1.82, 2.24) is 0 Å². The van der Waals surface area contributed by atoms with Gasteiger partial charge in [0.15, 0.2) is 5.78 Å². The van der Waals surface area contributed by atoms with E-state index in [2.05, 4.69) is 0 Å². The van der Waals surface area contributed by atoms with Gasteiger partial charge < -0.3 is 15.2 Å². The summed E-state index contributed by atoms with van der Waals surface area (Å²) in [5.41, 5.74) is 5.84. The third kappa shape index (κ3) is 2.97. The van der Waals surface area contributed by atoms with Gasteiger partial charge in [-0.1, -0.05) is 6.07 Å². The molecule has 0 aliphatic heterocycles. The van der Waals surface area contributed by atoms with E-state index in [1.807, 2.05) is 6.92 Å². The number of carbonyl (C=O) groups is 1. The Labute approximate surface area is 95.3 Å². The highest BCUT2D eigenvalue weighted by atomic mass is 16.5. The quantitative estimate of drug-likeness (QED) is 0.744. The molecule has 0 unspecified atom stereocenters. The number of rotatable bonds is 6. The average Bonchev–Trinajstić information content (AvgIpc) is 2.26. The van der Waals surface area contributed by atoms with Crippen LogP contribution in [-0.2, 0) is 0 Å². The number of nitrogens with two attached hydrogens (primary N) is 1. The Balaban J connectivity index is 3.05. The fourth-order valence-corrected chi connectivity index (χ4v) is 1.42. The van der Waals surface area contributed by atoms with Gasteiger partial charge in [0, 0.05) is 6.54 Å². The van der Waals surface area contributed by atoms with E-state index in [1.165, 1.54) is 6.92 Å². The molecular weight excluding hydrogens is 206 g/mol. The van der Waals surface area contributed by atoms with Crippen molar-refractivity contribution in [2.45, 2.75) is 13.8 Å². The number of hydrogen-bond acceptors (Lipinski definition) is 4. The molecule has 0 aliphatic rings. The predicted molar refractivity (Wildman–Crippen MR) is 62.2 cm³/mol. The number of ketones is 1. The normalized spacial score (nSPS) is 9.94. The summed E-state index contributed by atoms with van der Waals surface area (Å²) in [4.78, 5) is 11.5. The molecular formula is C12H17NO3. The standard InChI is InChI=1S/C12H17NO3/c1-3-15-10-5-4-6-11(16-8-7-13)12(10)9(2)14/h4-6H,3,7-8,13H2,1-2H3. The first-order chi connectivity index (χ1) is 7.70. The minimum atomic E-state index is -0.0731. The van der Waals surface area contributed by atoms with Gasteiger partial charge in [0.2, 0.25) is 0 Å². The van der Waals surface area contributed by atoms with Crippen molar-refractivity contribution in [3.63, 3.8) is 0 Å². The number of ether oxygens (including phenoxy) is 2. The summed E-state index contributed by atoms with van der Waals surface area (Å²) in [6, 6.07) is 5.30. The van der Waals surface area contributed by atoms with Gasteiger partial charge in [0.05, 0.1) is 6.61 Å². The van der Waals surface area contributed by atoms with E-state index < -0.39 is 0 Å². The number of Topliss-reactive ketones (excluding diaryl/α,β-unsaturated/α-hetero) is 1. The van der Waals surface area contributed by atoms with Crippen molar-refractivity contribution in [1.29, 1.82) is 0 Å². The second kappa shape index (κ2) is 6.12.